The number of carbonyl (C=O) groups is 1. The van der Waals surface area contributed by atoms with Crippen LogP contribution in [-0.2, 0) is 6.54 Å². The van der Waals surface area contributed by atoms with Crippen molar-refractivity contribution in [1.29, 1.82) is 0 Å². The Hall–Kier alpha value is -2.54. The fourth-order valence-corrected chi connectivity index (χ4v) is 1.91. The van der Waals surface area contributed by atoms with Gasteiger partial charge in [0.05, 0.1) is 12.7 Å². The molecule has 0 amide bonds. The van der Waals surface area contributed by atoms with Gasteiger partial charge in [0.2, 0.25) is 5.78 Å². The maximum absolute atomic E-state index is 13.5. The molecule has 0 aliphatic carbocycles. The smallest absolute Gasteiger partial charge is 0.250 e. The van der Waals surface area contributed by atoms with Crippen LogP contribution in [0.2, 0.25) is 0 Å². The topological polar surface area (TPSA) is 86.9 Å². The number of nitrogens with two attached hydrogens (primary N) is 1. The summed E-state index contributed by atoms with van der Waals surface area (Å²) in [7, 11) is 0. The summed E-state index contributed by atoms with van der Waals surface area (Å²) in [6.45, 7) is 0.863. The number of hydrogen-bond donors (Lipinski definition) is 1. The van der Waals surface area contributed by atoms with Gasteiger partial charge in [-0.3, -0.25) is 9.48 Å². The van der Waals surface area contributed by atoms with Crippen molar-refractivity contribution < 1.29 is 13.6 Å². The minimum Gasteiger partial charge on any atom is -0.449 e. The van der Waals surface area contributed by atoms with E-state index in [9.17, 15) is 9.18 Å². The molecule has 2 heterocycles. The number of nitrogens with zero attached hydrogens (tertiary/aromatic N) is 3. The standard InChI is InChI=1S/C13H11FN4O2/c14-9-3-1-2-8-6-11(20-13(8)9)12(19)10-7-18(5-4-15)17-16-10/h1-3,6-7H,4-5,15H2. The second-order valence-electron chi connectivity index (χ2n) is 4.25. The lowest BCUT2D eigenvalue weighted by molar-refractivity contribution is 0.101. The summed E-state index contributed by atoms with van der Waals surface area (Å²) < 4.78 is 20.2. The molecular formula is C13H11FN4O2. The second kappa shape index (κ2) is 4.86. The van der Waals surface area contributed by atoms with Crippen LogP contribution in [0.3, 0.4) is 0 Å². The van der Waals surface area contributed by atoms with Crippen LogP contribution in [0.15, 0.2) is 34.9 Å². The van der Waals surface area contributed by atoms with Gasteiger partial charge in [0.15, 0.2) is 22.9 Å². The van der Waals surface area contributed by atoms with Crippen LogP contribution in [0, 0.1) is 5.82 Å². The molecule has 6 nitrogen and oxygen atoms in total. The van der Waals surface area contributed by atoms with Crippen molar-refractivity contribution in [3.05, 3.63) is 47.7 Å². The lowest BCUT2D eigenvalue weighted by Crippen LogP contribution is -2.10. The molecule has 1 aromatic carbocycles. The van der Waals surface area contributed by atoms with E-state index < -0.39 is 11.6 Å². The van der Waals surface area contributed by atoms with Gasteiger partial charge in [-0.25, -0.2) is 4.39 Å². The molecule has 0 atom stereocenters. The molecule has 0 fully saturated rings. The van der Waals surface area contributed by atoms with Crippen LogP contribution in [0.5, 0.6) is 0 Å². The number of fused-ring (bicyclic) bond motifs is 1. The second-order valence-corrected chi connectivity index (χ2v) is 4.25. The lowest BCUT2D eigenvalue weighted by Gasteiger charge is -1.93. The van der Waals surface area contributed by atoms with E-state index in [0.717, 1.165) is 0 Å². The summed E-state index contributed by atoms with van der Waals surface area (Å²) in [5.41, 5.74) is 5.59. The van der Waals surface area contributed by atoms with Gasteiger partial charge in [0.25, 0.3) is 0 Å². The first-order chi connectivity index (χ1) is 9.69. The summed E-state index contributed by atoms with van der Waals surface area (Å²) in [6.07, 6.45) is 1.48. The quantitative estimate of drug-likeness (QED) is 0.726. The number of aromatic nitrogens is 3. The van der Waals surface area contributed by atoms with Crippen LogP contribution in [0.25, 0.3) is 11.0 Å². The number of para-hydroxylation sites is 1. The van der Waals surface area contributed by atoms with E-state index in [0.29, 0.717) is 18.5 Å². The molecule has 2 aromatic heterocycles. The number of halogens is 1. The molecule has 0 saturated heterocycles. The lowest BCUT2D eigenvalue weighted by atomic mass is 10.2. The first-order valence-corrected chi connectivity index (χ1v) is 6.02. The number of rotatable bonds is 4. The van der Waals surface area contributed by atoms with Crippen molar-refractivity contribution in [3.8, 4) is 0 Å². The first-order valence-electron chi connectivity index (χ1n) is 6.02. The summed E-state index contributed by atoms with van der Waals surface area (Å²) in [6, 6.07) is 5.99. The highest BCUT2D eigenvalue weighted by Crippen LogP contribution is 2.23. The molecule has 0 unspecified atom stereocenters. The highest BCUT2D eigenvalue weighted by Gasteiger charge is 2.19. The first kappa shape index (κ1) is 12.5. The van der Waals surface area contributed by atoms with Crippen LogP contribution in [0.1, 0.15) is 16.2 Å². The van der Waals surface area contributed by atoms with Crippen molar-refractivity contribution >= 4 is 16.8 Å². The van der Waals surface area contributed by atoms with Gasteiger partial charge in [-0.2, -0.15) is 0 Å². The van der Waals surface area contributed by atoms with E-state index >= 15 is 0 Å². The van der Waals surface area contributed by atoms with Crippen molar-refractivity contribution in [2.24, 2.45) is 5.73 Å². The van der Waals surface area contributed by atoms with E-state index in [1.54, 1.807) is 12.1 Å². The molecule has 3 rings (SSSR count). The van der Waals surface area contributed by atoms with E-state index in [4.69, 9.17) is 10.2 Å². The third-order valence-corrected chi connectivity index (χ3v) is 2.85. The van der Waals surface area contributed by atoms with Gasteiger partial charge < -0.3 is 10.2 Å². The molecule has 0 bridgehead atoms. The maximum Gasteiger partial charge on any atom is 0.250 e. The highest BCUT2D eigenvalue weighted by molar-refractivity contribution is 6.07. The zero-order chi connectivity index (χ0) is 14.1. The van der Waals surface area contributed by atoms with Crippen LogP contribution in [0.4, 0.5) is 4.39 Å². The molecule has 2 N–H and O–H groups in total. The predicted molar refractivity (Wildman–Crippen MR) is 68.7 cm³/mol. The van der Waals surface area contributed by atoms with Gasteiger partial charge in [-0.05, 0) is 12.1 Å². The van der Waals surface area contributed by atoms with Gasteiger partial charge >= 0.3 is 0 Å². The Morgan fingerprint density at radius 2 is 2.30 bits per heavy atom. The minimum absolute atomic E-state index is 0.0323. The third-order valence-electron chi connectivity index (χ3n) is 2.85. The van der Waals surface area contributed by atoms with E-state index in [1.807, 2.05) is 0 Å². The molecule has 0 aliphatic rings. The molecule has 102 valence electrons. The predicted octanol–water partition coefficient (Wildman–Crippen LogP) is 1.35. The van der Waals surface area contributed by atoms with Crippen LogP contribution in [-0.4, -0.2) is 27.3 Å². The number of hydrogen-bond acceptors (Lipinski definition) is 5. The number of carbonyl (C=O) groups excluding carboxylic acids is 1. The van der Waals surface area contributed by atoms with Gasteiger partial charge in [0, 0.05) is 11.9 Å². The third kappa shape index (κ3) is 2.08. The summed E-state index contributed by atoms with van der Waals surface area (Å²) >= 11 is 0. The van der Waals surface area contributed by atoms with Gasteiger partial charge in [-0.15, -0.1) is 5.10 Å². The van der Waals surface area contributed by atoms with Crippen LogP contribution >= 0.6 is 0 Å². The number of ketones is 1. The van der Waals surface area contributed by atoms with Crippen molar-refractivity contribution in [2.45, 2.75) is 6.54 Å². The Labute approximate surface area is 113 Å². The highest BCUT2D eigenvalue weighted by atomic mass is 19.1. The average molecular weight is 274 g/mol. The molecule has 0 saturated carbocycles. The van der Waals surface area contributed by atoms with Gasteiger partial charge in [-0.1, -0.05) is 17.3 Å². The van der Waals surface area contributed by atoms with Crippen molar-refractivity contribution in [1.82, 2.24) is 15.0 Å². The molecule has 0 spiro atoms. The maximum atomic E-state index is 13.5. The van der Waals surface area contributed by atoms with Crippen molar-refractivity contribution in [3.63, 3.8) is 0 Å². The zero-order valence-corrected chi connectivity index (χ0v) is 10.4. The minimum atomic E-state index is -0.506. The summed E-state index contributed by atoms with van der Waals surface area (Å²) in [5, 5.41) is 8.06. The van der Waals surface area contributed by atoms with Crippen LogP contribution < -0.4 is 5.73 Å². The van der Waals surface area contributed by atoms with E-state index in [2.05, 4.69) is 10.3 Å². The normalized spacial score (nSPS) is 11.1. The Bertz CT molecular complexity index is 778. The van der Waals surface area contributed by atoms with Crippen molar-refractivity contribution in [2.75, 3.05) is 6.54 Å². The Morgan fingerprint density at radius 1 is 1.45 bits per heavy atom. The summed E-state index contributed by atoms with van der Waals surface area (Å²) in [5.74, 6) is -0.915. The largest absolute Gasteiger partial charge is 0.449 e. The Balaban J connectivity index is 1.97. The molecule has 3 aromatic rings. The zero-order valence-electron chi connectivity index (χ0n) is 10.4. The average Bonchev–Trinajstić information content (AvgIpc) is 3.05. The molecule has 0 aliphatic heterocycles. The molecule has 7 heteroatoms. The van der Waals surface area contributed by atoms with E-state index in [1.165, 1.54) is 23.0 Å². The molecule has 0 radical (unpaired) electrons. The fourth-order valence-electron chi connectivity index (χ4n) is 1.91. The van der Waals surface area contributed by atoms with Gasteiger partial charge in [0.1, 0.15) is 0 Å². The summed E-state index contributed by atoms with van der Waals surface area (Å²) in [4.78, 5) is 12.2. The molecule has 20 heavy (non-hydrogen) atoms. The SMILES string of the molecule is NCCn1cc(C(=O)c2cc3cccc(F)c3o2)nn1. The Kier molecular flexibility index (Phi) is 3.03. The Morgan fingerprint density at radius 3 is 3.05 bits per heavy atom. The monoisotopic (exact) mass is 274 g/mol. The van der Waals surface area contributed by atoms with E-state index in [-0.39, 0.29) is 17.0 Å². The number of benzene rings is 1. The molecular weight excluding hydrogens is 263 g/mol. The fraction of sp³-hybridized carbons (Fsp3) is 0.154. The number of furan rings is 1.